The average Bonchev–Trinajstić information content (AvgIpc) is 3.22. The van der Waals surface area contributed by atoms with E-state index in [0.717, 1.165) is 23.4 Å². The van der Waals surface area contributed by atoms with Crippen LogP contribution < -0.4 is 5.32 Å². The summed E-state index contributed by atoms with van der Waals surface area (Å²) < 4.78 is 67.1. The third kappa shape index (κ3) is 3.60. The molecule has 11 heteroatoms. The molecule has 5 rings (SSSR count). The lowest BCUT2D eigenvalue weighted by atomic mass is 9.60. The highest BCUT2D eigenvalue weighted by Gasteiger charge is 2.53. The number of azo groups is 1. The van der Waals surface area contributed by atoms with Crippen LogP contribution >= 0.6 is 0 Å². The maximum Gasteiger partial charge on any atom is 0.416 e. The molecule has 0 saturated carbocycles. The van der Waals surface area contributed by atoms with E-state index in [2.05, 4.69) is 15.5 Å². The van der Waals surface area contributed by atoms with E-state index in [9.17, 15) is 26.4 Å². The zero-order valence-electron chi connectivity index (χ0n) is 18.9. The third-order valence-electron chi connectivity index (χ3n) is 7.26. The number of piperidine rings is 1. The first-order chi connectivity index (χ1) is 15.8. The smallest absolute Gasteiger partial charge is 0.342 e. The number of nitrogens with one attached hydrogen (secondary N) is 1. The number of ketones is 1. The fourth-order valence-electron chi connectivity index (χ4n) is 5.71. The Morgan fingerprint density at radius 3 is 2.50 bits per heavy atom. The van der Waals surface area contributed by atoms with Crippen molar-refractivity contribution in [3.8, 4) is 0 Å². The topological polar surface area (TPSA) is 91.2 Å². The molecule has 0 bridgehead atoms. The summed E-state index contributed by atoms with van der Waals surface area (Å²) in [5.41, 5.74) is 0.562. The van der Waals surface area contributed by atoms with Gasteiger partial charge in [-0.2, -0.15) is 22.6 Å². The molecule has 4 aliphatic rings. The Balaban J connectivity index is 1.47. The summed E-state index contributed by atoms with van der Waals surface area (Å²) in [5.74, 6) is 0.685. The first-order valence-corrected chi connectivity index (χ1v) is 12.6. The molecule has 1 aromatic carbocycles. The van der Waals surface area contributed by atoms with Crippen LogP contribution in [0.4, 0.5) is 13.2 Å². The highest BCUT2D eigenvalue weighted by Crippen LogP contribution is 2.55. The molecule has 3 heterocycles. The summed E-state index contributed by atoms with van der Waals surface area (Å²) in [6, 6.07) is 3.81. The number of nitrogens with zero attached hydrogens (tertiary/aromatic N) is 3. The minimum atomic E-state index is -4.64. The summed E-state index contributed by atoms with van der Waals surface area (Å²) in [6.45, 7) is 4.59. The first kappa shape index (κ1) is 23.2. The maximum absolute atomic E-state index is 13.3. The van der Waals surface area contributed by atoms with E-state index in [4.69, 9.17) is 0 Å². The molecule has 1 aromatic rings. The van der Waals surface area contributed by atoms with Crippen LogP contribution in [-0.2, 0) is 21.0 Å². The lowest BCUT2D eigenvalue weighted by molar-refractivity contribution is -0.137. The molecule has 1 aliphatic carbocycles. The Labute approximate surface area is 195 Å². The summed E-state index contributed by atoms with van der Waals surface area (Å²) >= 11 is 0. The Hall–Kier alpha value is -2.53. The van der Waals surface area contributed by atoms with Crippen molar-refractivity contribution in [2.24, 2.45) is 21.1 Å². The van der Waals surface area contributed by atoms with Gasteiger partial charge >= 0.3 is 6.18 Å². The van der Waals surface area contributed by atoms with Gasteiger partial charge in [-0.15, -0.1) is 5.11 Å². The van der Waals surface area contributed by atoms with Gasteiger partial charge in [-0.1, -0.05) is 19.9 Å². The minimum absolute atomic E-state index is 0.0476. The number of hydrogen-bond acceptors (Lipinski definition) is 6. The Bertz CT molecular complexity index is 1270. The predicted octanol–water partition coefficient (Wildman–Crippen LogP) is 4.40. The number of alkyl halides is 3. The highest BCUT2D eigenvalue weighted by molar-refractivity contribution is 7.89. The standard InChI is InChI=1S/C23H25F3N4O3S/c1-21(2)11-17-19(18(31)12-21)22(16-13-27-29-20(16)28-17)6-8-30(9-7-22)34(32,33)15-5-3-4-14(10-15)23(24,25)26/h3-5,10,28H,6-9,11-13H2,1-2H3. The number of hydrogen-bond donors (Lipinski definition) is 1. The zero-order valence-corrected chi connectivity index (χ0v) is 19.7. The second-order valence-electron chi connectivity index (χ2n) is 10.2. The zero-order chi connectivity index (χ0) is 24.5. The summed E-state index contributed by atoms with van der Waals surface area (Å²) in [6.07, 6.45) is -2.86. The molecule has 34 heavy (non-hydrogen) atoms. The van der Waals surface area contributed by atoms with Crippen LogP contribution in [0.25, 0.3) is 0 Å². The molecular formula is C23H25F3N4O3S. The van der Waals surface area contributed by atoms with Crippen LogP contribution in [0.2, 0.25) is 0 Å². The number of sulfonamides is 1. The molecule has 1 N–H and O–H groups in total. The second-order valence-corrected chi connectivity index (χ2v) is 12.1. The first-order valence-electron chi connectivity index (χ1n) is 11.2. The van der Waals surface area contributed by atoms with Gasteiger partial charge in [0.1, 0.15) is 0 Å². The maximum atomic E-state index is 13.3. The monoisotopic (exact) mass is 494 g/mol. The largest absolute Gasteiger partial charge is 0.416 e. The Kier molecular flexibility index (Phi) is 5.11. The average molecular weight is 495 g/mol. The van der Waals surface area contributed by atoms with Crippen LogP contribution in [0.15, 0.2) is 62.1 Å². The van der Waals surface area contributed by atoms with Crippen molar-refractivity contribution in [1.82, 2.24) is 9.62 Å². The number of dihydropyridines is 1. The molecule has 1 spiro atoms. The number of fused-ring (bicyclic) bond motifs is 2. The second kappa shape index (κ2) is 7.48. The highest BCUT2D eigenvalue weighted by atomic mass is 32.2. The molecular weight excluding hydrogens is 469 g/mol. The van der Waals surface area contributed by atoms with Gasteiger partial charge in [0, 0.05) is 41.8 Å². The molecule has 1 saturated heterocycles. The minimum Gasteiger partial charge on any atom is -0.342 e. The lowest BCUT2D eigenvalue weighted by Crippen LogP contribution is -2.50. The van der Waals surface area contributed by atoms with Gasteiger partial charge < -0.3 is 5.32 Å². The van der Waals surface area contributed by atoms with Crippen molar-refractivity contribution in [3.63, 3.8) is 0 Å². The van der Waals surface area contributed by atoms with E-state index < -0.39 is 27.2 Å². The van der Waals surface area contributed by atoms with Crippen LogP contribution in [0.3, 0.4) is 0 Å². The SMILES string of the molecule is CC1(C)CC(=O)C2=C(C1)NC1=C(CN=N1)C21CCN(S(=O)(=O)c2cccc(C(F)(F)F)c2)CC1. The van der Waals surface area contributed by atoms with E-state index in [0.29, 0.717) is 49.7 Å². The van der Waals surface area contributed by atoms with E-state index >= 15 is 0 Å². The van der Waals surface area contributed by atoms with Gasteiger partial charge in [0.25, 0.3) is 0 Å². The fourth-order valence-corrected chi connectivity index (χ4v) is 7.20. The number of allylic oxidation sites excluding steroid dienone is 2. The predicted molar refractivity (Wildman–Crippen MR) is 117 cm³/mol. The summed E-state index contributed by atoms with van der Waals surface area (Å²) in [4.78, 5) is 12.9. The van der Waals surface area contributed by atoms with Crippen molar-refractivity contribution in [2.75, 3.05) is 19.6 Å². The van der Waals surface area contributed by atoms with Gasteiger partial charge in [0.05, 0.1) is 17.0 Å². The van der Waals surface area contributed by atoms with E-state index in [1.54, 1.807) is 0 Å². The number of Topliss-reactive ketones (excluding diaryl/α,β-unsaturated/α-hetero) is 1. The van der Waals surface area contributed by atoms with Gasteiger partial charge in [0.2, 0.25) is 10.0 Å². The molecule has 1 fully saturated rings. The van der Waals surface area contributed by atoms with Crippen molar-refractivity contribution >= 4 is 15.8 Å². The van der Waals surface area contributed by atoms with Gasteiger partial charge in [0.15, 0.2) is 11.6 Å². The molecule has 0 aromatic heterocycles. The van der Waals surface area contributed by atoms with Crippen molar-refractivity contribution < 1.29 is 26.4 Å². The van der Waals surface area contributed by atoms with Crippen LogP contribution in [0, 0.1) is 10.8 Å². The quantitative estimate of drug-likeness (QED) is 0.660. The van der Waals surface area contributed by atoms with Crippen molar-refractivity contribution in [3.05, 3.63) is 52.5 Å². The van der Waals surface area contributed by atoms with Crippen molar-refractivity contribution in [2.45, 2.75) is 50.6 Å². The number of carbonyl (C=O) groups is 1. The molecule has 0 atom stereocenters. The Morgan fingerprint density at radius 1 is 1.12 bits per heavy atom. The third-order valence-corrected chi connectivity index (χ3v) is 9.16. The summed E-state index contributed by atoms with van der Waals surface area (Å²) in [7, 11) is -4.13. The number of carbonyl (C=O) groups excluding carboxylic acids is 1. The van der Waals surface area contributed by atoms with E-state index in [1.165, 1.54) is 10.4 Å². The van der Waals surface area contributed by atoms with Gasteiger partial charge in [-0.05, 0) is 42.9 Å². The molecule has 0 unspecified atom stereocenters. The molecule has 3 aliphatic heterocycles. The number of halogens is 3. The van der Waals surface area contributed by atoms with Gasteiger partial charge in [-0.25, -0.2) is 8.42 Å². The number of benzene rings is 1. The molecule has 7 nitrogen and oxygen atoms in total. The Morgan fingerprint density at radius 2 is 1.82 bits per heavy atom. The summed E-state index contributed by atoms with van der Waals surface area (Å²) in [5, 5.41) is 11.7. The lowest BCUT2D eigenvalue weighted by Gasteiger charge is -2.48. The number of rotatable bonds is 2. The van der Waals surface area contributed by atoms with Crippen LogP contribution in [0.1, 0.15) is 45.1 Å². The van der Waals surface area contributed by atoms with Crippen molar-refractivity contribution in [1.29, 1.82) is 0 Å². The molecule has 0 amide bonds. The molecule has 0 radical (unpaired) electrons. The van der Waals surface area contributed by atoms with Gasteiger partial charge in [-0.3, -0.25) is 4.79 Å². The van der Waals surface area contributed by atoms with Crippen LogP contribution in [-0.4, -0.2) is 38.1 Å². The molecule has 182 valence electrons. The van der Waals surface area contributed by atoms with E-state index in [-0.39, 0.29) is 29.2 Å². The fraction of sp³-hybridized carbons (Fsp3) is 0.522. The normalized spacial score (nSPS) is 24.3. The van der Waals surface area contributed by atoms with Crippen LogP contribution in [0.5, 0.6) is 0 Å². The van der Waals surface area contributed by atoms with E-state index in [1.807, 2.05) is 13.8 Å².